The van der Waals surface area contributed by atoms with Crippen molar-refractivity contribution in [1.82, 2.24) is 4.90 Å². The van der Waals surface area contributed by atoms with Gasteiger partial charge in [-0.3, -0.25) is 9.69 Å². The first-order valence-electron chi connectivity index (χ1n) is 9.59. The number of ketones is 1. The molecule has 0 aliphatic carbocycles. The van der Waals surface area contributed by atoms with Gasteiger partial charge in [0.2, 0.25) is 0 Å². The van der Waals surface area contributed by atoms with Gasteiger partial charge in [0, 0.05) is 43.3 Å². The van der Waals surface area contributed by atoms with E-state index >= 15 is 0 Å². The number of rotatable bonds is 7. The first kappa shape index (κ1) is 19.2. The molecule has 142 valence electrons. The van der Waals surface area contributed by atoms with E-state index in [9.17, 15) is 4.79 Å². The number of Topliss-reactive ketones (excluding diaryl/α,β-unsaturated/α-hetero) is 1. The lowest BCUT2D eigenvalue weighted by Crippen LogP contribution is -2.35. The Morgan fingerprint density at radius 2 is 1.81 bits per heavy atom. The molecule has 0 radical (unpaired) electrons. The van der Waals surface area contributed by atoms with Crippen LogP contribution in [0.2, 0.25) is 0 Å². The average molecular weight is 365 g/mol. The van der Waals surface area contributed by atoms with Crippen LogP contribution in [0.3, 0.4) is 0 Å². The van der Waals surface area contributed by atoms with Crippen LogP contribution in [0.15, 0.2) is 54.1 Å². The van der Waals surface area contributed by atoms with Crippen molar-refractivity contribution < 1.29 is 14.3 Å². The molecule has 0 saturated carbocycles. The molecule has 1 heterocycles. The van der Waals surface area contributed by atoms with E-state index in [1.165, 1.54) is 5.56 Å². The largest absolute Gasteiger partial charge is 0.494 e. The quantitative estimate of drug-likeness (QED) is 0.684. The van der Waals surface area contributed by atoms with E-state index in [1.807, 2.05) is 44.2 Å². The molecule has 4 heteroatoms. The monoisotopic (exact) mass is 365 g/mol. The SMILES string of the molecule is CCOc1ccc(/C=C2\CN(Cc3ccccc3)CCC2=O)c(OCC)c1. The Morgan fingerprint density at radius 1 is 1.04 bits per heavy atom. The zero-order valence-corrected chi connectivity index (χ0v) is 16.1. The number of hydrogen-bond donors (Lipinski definition) is 0. The summed E-state index contributed by atoms with van der Waals surface area (Å²) >= 11 is 0. The molecule has 2 aromatic rings. The van der Waals surface area contributed by atoms with Gasteiger partial charge in [0.1, 0.15) is 11.5 Å². The van der Waals surface area contributed by atoms with Gasteiger partial charge in [-0.05, 0) is 37.6 Å². The Kier molecular flexibility index (Phi) is 6.66. The standard InChI is InChI=1S/C23H27NO3/c1-3-26-21-11-10-19(23(15-21)27-4-2)14-20-17-24(13-12-22(20)25)16-18-8-6-5-7-9-18/h5-11,14-15H,3-4,12-13,16-17H2,1-2H3/b20-14+. The van der Waals surface area contributed by atoms with Gasteiger partial charge in [0.05, 0.1) is 13.2 Å². The van der Waals surface area contributed by atoms with E-state index in [2.05, 4.69) is 29.2 Å². The molecule has 0 atom stereocenters. The Bertz CT molecular complexity index is 799. The van der Waals surface area contributed by atoms with Crippen molar-refractivity contribution >= 4 is 11.9 Å². The predicted molar refractivity (Wildman–Crippen MR) is 108 cm³/mol. The Morgan fingerprint density at radius 3 is 2.56 bits per heavy atom. The molecule has 0 bridgehead atoms. The van der Waals surface area contributed by atoms with Gasteiger partial charge in [-0.2, -0.15) is 0 Å². The van der Waals surface area contributed by atoms with E-state index in [4.69, 9.17) is 9.47 Å². The minimum absolute atomic E-state index is 0.218. The Hall–Kier alpha value is -2.59. The van der Waals surface area contributed by atoms with Crippen molar-refractivity contribution in [2.75, 3.05) is 26.3 Å². The number of ether oxygens (including phenoxy) is 2. The fourth-order valence-electron chi connectivity index (χ4n) is 3.29. The minimum atomic E-state index is 0.218. The minimum Gasteiger partial charge on any atom is -0.494 e. The van der Waals surface area contributed by atoms with Gasteiger partial charge in [-0.25, -0.2) is 0 Å². The summed E-state index contributed by atoms with van der Waals surface area (Å²) in [6, 6.07) is 16.2. The number of carbonyl (C=O) groups excluding carboxylic acids is 1. The van der Waals surface area contributed by atoms with Crippen molar-refractivity contribution in [3.8, 4) is 11.5 Å². The highest BCUT2D eigenvalue weighted by atomic mass is 16.5. The van der Waals surface area contributed by atoms with E-state index < -0.39 is 0 Å². The molecule has 0 unspecified atom stereocenters. The van der Waals surface area contributed by atoms with Crippen molar-refractivity contribution in [3.05, 3.63) is 65.2 Å². The van der Waals surface area contributed by atoms with Gasteiger partial charge in [0.25, 0.3) is 0 Å². The van der Waals surface area contributed by atoms with Crippen LogP contribution < -0.4 is 9.47 Å². The van der Waals surface area contributed by atoms with Crippen LogP contribution in [0, 0.1) is 0 Å². The summed E-state index contributed by atoms with van der Waals surface area (Å²) in [5, 5.41) is 0. The first-order chi connectivity index (χ1) is 13.2. The smallest absolute Gasteiger partial charge is 0.161 e. The van der Waals surface area contributed by atoms with Gasteiger partial charge in [-0.1, -0.05) is 30.3 Å². The molecule has 27 heavy (non-hydrogen) atoms. The number of benzene rings is 2. The summed E-state index contributed by atoms with van der Waals surface area (Å²) in [5.74, 6) is 1.75. The highest BCUT2D eigenvalue weighted by Crippen LogP contribution is 2.28. The molecule has 4 nitrogen and oxygen atoms in total. The summed E-state index contributed by atoms with van der Waals surface area (Å²) in [5.41, 5.74) is 3.02. The molecule has 0 amide bonds. The third-order valence-corrected chi connectivity index (χ3v) is 4.58. The molecule has 1 saturated heterocycles. The molecule has 1 fully saturated rings. The second-order valence-electron chi connectivity index (χ2n) is 6.60. The van der Waals surface area contributed by atoms with Crippen LogP contribution in [0.4, 0.5) is 0 Å². The second-order valence-corrected chi connectivity index (χ2v) is 6.60. The molecule has 1 aliphatic rings. The van der Waals surface area contributed by atoms with Crippen molar-refractivity contribution in [3.63, 3.8) is 0 Å². The highest BCUT2D eigenvalue weighted by molar-refractivity contribution is 6.01. The summed E-state index contributed by atoms with van der Waals surface area (Å²) in [4.78, 5) is 14.8. The fraction of sp³-hybridized carbons (Fsp3) is 0.348. The van der Waals surface area contributed by atoms with Gasteiger partial charge in [0.15, 0.2) is 5.78 Å². The first-order valence-corrected chi connectivity index (χ1v) is 9.59. The number of likely N-dealkylation sites (tertiary alicyclic amines) is 1. The summed E-state index contributed by atoms with van der Waals surface area (Å²) < 4.78 is 11.3. The lowest BCUT2D eigenvalue weighted by atomic mass is 9.99. The Labute approximate surface area is 161 Å². The molecular weight excluding hydrogens is 338 g/mol. The molecule has 2 aromatic carbocycles. The third kappa shape index (κ3) is 5.20. The molecule has 0 spiro atoms. The van der Waals surface area contributed by atoms with E-state index in [-0.39, 0.29) is 5.78 Å². The molecule has 3 rings (SSSR count). The van der Waals surface area contributed by atoms with Crippen LogP contribution in [-0.4, -0.2) is 37.0 Å². The van der Waals surface area contributed by atoms with Gasteiger partial charge >= 0.3 is 0 Å². The van der Waals surface area contributed by atoms with Crippen LogP contribution in [0.1, 0.15) is 31.4 Å². The zero-order chi connectivity index (χ0) is 19.1. The zero-order valence-electron chi connectivity index (χ0n) is 16.1. The maximum absolute atomic E-state index is 12.5. The second kappa shape index (κ2) is 9.38. The number of nitrogens with zero attached hydrogens (tertiary/aromatic N) is 1. The van der Waals surface area contributed by atoms with E-state index in [0.29, 0.717) is 26.2 Å². The van der Waals surface area contributed by atoms with Gasteiger partial charge < -0.3 is 9.47 Å². The van der Waals surface area contributed by atoms with Crippen molar-refractivity contribution in [1.29, 1.82) is 0 Å². The van der Waals surface area contributed by atoms with Gasteiger partial charge in [-0.15, -0.1) is 0 Å². The maximum atomic E-state index is 12.5. The number of hydrogen-bond acceptors (Lipinski definition) is 4. The maximum Gasteiger partial charge on any atom is 0.161 e. The van der Waals surface area contributed by atoms with Crippen LogP contribution >= 0.6 is 0 Å². The molecular formula is C23H27NO3. The molecule has 0 N–H and O–H groups in total. The molecule has 0 aromatic heterocycles. The van der Waals surface area contributed by atoms with Crippen LogP contribution in [0.5, 0.6) is 11.5 Å². The fourth-order valence-corrected chi connectivity index (χ4v) is 3.29. The summed E-state index contributed by atoms with van der Waals surface area (Å²) in [6.45, 7) is 7.40. The number of carbonyl (C=O) groups is 1. The third-order valence-electron chi connectivity index (χ3n) is 4.58. The summed E-state index contributed by atoms with van der Waals surface area (Å²) in [7, 11) is 0. The highest BCUT2D eigenvalue weighted by Gasteiger charge is 2.22. The predicted octanol–water partition coefficient (Wildman–Crippen LogP) is 4.34. The van der Waals surface area contributed by atoms with E-state index in [0.717, 1.165) is 35.7 Å². The summed E-state index contributed by atoms with van der Waals surface area (Å²) in [6.07, 6.45) is 2.53. The van der Waals surface area contributed by atoms with Crippen molar-refractivity contribution in [2.24, 2.45) is 0 Å². The Balaban J connectivity index is 1.80. The van der Waals surface area contributed by atoms with Crippen LogP contribution in [0.25, 0.3) is 6.08 Å². The topological polar surface area (TPSA) is 38.8 Å². The molecule has 1 aliphatic heterocycles. The lowest BCUT2D eigenvalue weighted by molar-refractivity contribution is -0.117. The normalized spacial score (nSPS) is 16.5. The average Bonchev–Trinajstić information content (AvgIpc) is 2.68. The van der Waals surface area contributed by atoms with Crippen LogP contribution in [-0.2, 0) is 11.3 Å². The van der Waals surface area contributed by atoms with Crippen molar-refractivity contribution in [2.45, 2.75) is 26.8 Å². The lowest BCUT2D eigenvalue weighted by Gasteiger charge is -2.28. The van der Waals surface area contributed by atoms with E-state index in [1.54, 1.807) is 0 Å². The number of piperidine rings is 1.